The molecule has 0 unspecified atom stereocenters. The first-order valence-electron chi connectivity index (χ1n) is 11.8. The molecule has 0 aliphatic heterocycles. The van der Waals surface area contributed by atoms with E-state index in [0.717, 1.165) is 34.2 Å². The SMILES string of the molecule is CCCNC(=O)[C@H](Cc1ccccc1)N(Cc1ccc(F)cc1)C(=O)Cc1cc(C)cc(C)c1. The third-order valence-corrected chi connectivity index (χ3v) is 5.72. The molecule has 0 heterocycles. The van der Waals surface area contributed by atoms with Crippen molar-refractivity contribution in [1.82, 2.24) is 10.2 Å². The molecule has 0 saturated carbocycles. The van der Waals surface area contributed by atoms with E-state index in [4.69, 9.17) is 0 Å². The number of hydrogen-bond acceptors (Lipinski definition) is 2. The Labute approximate surface area is 201 Å². The predicted octanol–water partition coefficient (Wildman–Crippen LogP) is 5.15. The van der Waals surface area contributed by atoms with Gasteiger partial charge in [-0.1, -0.05) is 78.7 Å². The average Bonchev–Trinajstić information content (AvgIpc) is 2.81. The lowest BCUT2D eigenvalue weighted by atomic mass is 10.0. The van der Waals surface area contributed by atoms with Crippen LogP contribution in [0.25, 0.3) is 0 Å². The Balaban J connectivity index is 1.96. The molecule has 0 fully saturated rings. The van der Waals surface area contributed by atoms with Gasteiger partial charge in [-0.15, -0.1) is 0 Å². The van der Waals surface area contributed by atoms with Crippen molar-refractivity contribution < 1.29 is 14.0 Å². The maximum absolute atomic E-state index is 13.7. The number of carbonyl (C=O) groups is 2. The van der Waals surface area contributed by atoms with Gasteiger partial charge in [0.25, 0.3) is 0 Å². The maximum Gasteiger partial charge on any atom is 0.243 e. The Morgan fingerprint density at radius 1 is 0.882 bits per heavy atom. The summed E-state index contributed by atoms with van der Waals surface area (Å²) in [5, 5.41) is 2.97. The number of aryl methyl sites for hydroxylation is 2. The summed E-state index contributed by atoms with van der Waals surface area (Å²) in [6, 6.07) is 21.2. The van der Waals surface area contributed by atoms with Gasteiger partial charge in [0, 0.05) is 19.5 Å². The van der Waals surface area contributed by atoms with Crippen LogP contribution >= 0.6 is 0 Å². The van der Waals surface area contributed by atoms with Crippen molar-refractivity contribution in [2.24, 2.45) is 0 Å². The van der Waals surface area contributed by atoms with Crippen LogP contribution in [0.1, 0.15) is 41.2 Å². The second-order valence-electron chi connectivity index (χ2n) is 8.82. The summed E-state index contributed by atoms with van der Waals surface area (Å²) in [6.45, 7) is 6.77. The first-order valence-corrected chi connectivity index (χ1v) is 11.8. The van der Waals surface area contributed by atoms with E-state index in [9.17, 15) is 14.0 Å². The van der Waals surface area contributed by atoms with Crippen LogP contribution in [0.4, 0.5) is 4.39 Å². The average molecular weight is 461 g/mol. The molecule has 3 aromatic rings. The van der Waals surface area contributed by atoms with Crippen LogP contribution < -0.4 is 5.32 Å². The van der Waals surface area contributed by atoms with Crippen molar-refractivity contribution in [2.75, 3.05) is 6.54 Å². The maximum atomic E-state index is 13.7. The molecule has 3 aromatic carbocycles. The molecule has 0 aromatic heterocycles. The first kappa shape index (κ1) is 25.2. The van der Waals surface area contributed by atoms with Gasteiger partial charge in [0.1, 0.15) is 11.9 Å². The summed E-state index contributed by atoms with van der Waals surface area (Å²) in [6.07, 6.45) is 1.39. The standard InChI is InChI=1S/C29H33FN2O2/c1-4-14-31-29(34)27(18-23-8-6-5-7-9-23)32(20-24-10-12-26(30)13-11-24)28(33)19-25-16-21(2)15-22(3)17-25/h5-13,15-17,27H,4,14,18-20H2,1-3H3,(H,31,34)/t27-/m0/s1. The van der Waals surface area contributed by atoms with Gasteiger partial charge in [-0.25, -0.2) is 4.39 Å². The minimum atomic E-state index is -0.683. The highest BCUT2D eigenvalue weighted by Gasteiger charge is 2.30. The lowest BCUT2D eigenvalue weighted by molar-refractivity contribution is -0.140. The molecule has 0 radical (unpaired) electrons. The van der Waals surface area contributed by atoms with Crippen LogP contribution in [0.5, 0.6) is 0 Å². The van der Waals surface area contributed by atoms with Gasteiger partial charge in [0.2, 0.25) is 11.8 Å². The number of nitrogens with one attached hydrogen (secondary N) is 1. The number of carbonyl (C=O) groups excluding carboxylic acids is 2. The van der Waals surface area contributed by atoms with Crippen molar-refractivity contribution in [3.63, 3.8) is 0 Å². The molecule has 3 rings (SSSR count). The van der Waals surface area contributed by atoms with E-state index in [0.29, 0.717) is 13.0 Å². The number of hydrogen-bond donors (Lipinski definition) is 1. The van der Waals surface area contributed by atoms with Crippen molar-refractivity contribution in [1.29, 1.82) is 0 Å². The number of benzene rings is 3. The zero-order valence-corrected chi connectivity index (χ0v) is 20.2. The topological polar surface area (TPSA) is 49.4 Å². The Kier molecular flexibility index (Phi) is 8.97. The lowest BCUT2D eigenvalue weighted by Gasteiger charge is -2.32. The van der Waals surface area contributed by atoms with E-state index < -0.39 is 6.04 Å². The highest BCUT2D eigenvalue weighted by Crippen LogP contribution is 2.18. The fraction of sp³-hybridized carbons (Fsp3) is 0.310. The lowest BCUT2D eigenvalue weighted by Crippen LogP contribution is -2.51. The minimum Gasteiger partial charge on any atom is -0.354 e. The Morgan fingerprint density at radius 2 is 1.53 bits per heavy atom. The Morgan fingerprint density at radius 3 is 2.15 bits per heavy atom. The van der Waals surface area contributed by atoms with Gasteiger partial charge >= 0.3 is 0 Å². The quantitative estimate of drug-likeness (QED) is 0.455. The highest BCUT2D eigenvalue weighted by molar-refractivity contribution is 5.88. The fourth-order valence-corrected chi connectivity index (χ4v) is 4.15. The van der Waals surface area contributed by atoms with Gasteiger partial charge < -0.3 is 10.2 Å². The fourth-order valence-electron chi connectivity index (χ4n) is 4.15. The Bertz CT molecular complexity index is 1080. The number of halogens is 1. The van der Waals surface area contributed by atoms with Crippen LogP contribution in [0.3, 0.4) is 0 Å². The van der Waals surface area contributed by atoms with Gasteiger partial charge in [-0.05, 0) is 49.1 Å². The molecule has 5 heteroatoms. The summed E-state index contributed by atoms with van der Waals surface area (Å²) >= 11 is 0. The van der Waals surface area contributed by atoms with Crippen molar-refractivity contribution in [2.45, 2.75) is 52.6 Å². The second kappa shape index (κ2) is 12.1. The molecule has 0 aliphatic rings. The van der Waals surface area contributed by atoms with Crippen LogP contribution in [-0.4, -0.2) is 29.3 Å². The molecule has 1 N–H and O–H groups in total. The van der Waals surface area contributed by atoms with Gasteiger partial charge in [-0.3, -0.25) is 9.59 Å². The summed E-state index contributed by atoms with van der Waals surface area (Å²) in [7, 11) is 0. The number of nitrogens with zero attached hydrogens (tertiary/aromatic N) is 1. The van der Waals surface area contributed by atoms with Gasteiger partial charge in [-0.2, -0.15) is 0 Å². The molecule has 1 atom stereocenters. The van der Waals surface area contributed by atoms with Gasteiger partial charge in [0.05, 0.1) is 6.42 Å². The van der Waals surface area contributed by atoms with Crippen molar-refractivity contribution in [3.05, 3.63) is 106 Å². The second-order valence-corrected chi connectivity index (χ2v) is 8.82. The third-order valence-electron chi connectivity index (χ3n) is 5.72. The smallest absolute Gasteiger partial charge is 0.243 e. The van der Waals surface area contributed by atoms with Crippen molar-refractivity contribution in [3.8, 4) is 0 Å². The molecule has 0 saturated heterocycles. The minimum absolute atomic E-state index is 0.137. The molecule has 2 amide bonds. The monoisotopic (exact) mass is 460 g/mol. The van der Waals surface area contributed by atoms with Crippen LogP contribution in [0, 0.1) is 19.7 Å². The summed E-state index contributed by atoms with van der Waals surface area (Å²) in [5.41, 5.74) is 4.85. The zero-order valence-electron chi connectivity index (χ0n) is 20.2. The molecule has 178 valence electrons. The van der Waals surface area contributed by atoms with E-state index in [1.165, 1.54) is 12.1 Å². The number of rotatable bonds is 10. The normalized spacial score (nSPS) is 11.6. The zero-order chi connectivity index (χ0) is 24.5. The van der Waals surface area contributed by atoms with E-state index in [1.54, 1.807) is 17.0 Å². The van der Waals surface area contributed by atoms with Crippen molar-refractivity contribution >= 4 is 11.8 Å². The molecule has 34 heavy (non-hydrogen) atoms. The predicted molar refractivity (Wildman–Crippen MR) is 134 cm³/mol. The largest absolute Gasteiger partial charge is 0.354 e. The summed E-state index contributed by atoms with van der Waals surface area (Å²) < 4.78 is 13.5. The van der Waals surface area contributed by atoms with Gasteiger partial charge in [0.15, 0.2) is 0 Å². The molecule has 0 aliphatic carbocycles. The summed E-state index contributed by atoms with van der Waals surface area (Å²) in [4.78, 5) is 28.6. The van der Waals surface area contributed by atoms with E-state index >= 15 is 0 Å². The van der Waals surface area contributed by atoms with E-state index in [-0.39, 0.29) is 30.6 Å². The van der Waals surface area contributed by atoms with Crippen LogP contribution in [0.15, 0.2) is 72.8 Å². The molecule has 4 nitrogen and oxygen atoms in total. The Hall–Kier alpha value is -3.47. The molecule has 0 spiro atoms. The third kappa shape index (κ3) is 7.27. The van der Waals surface area contributed by atoms with Crippen LogP contribution in [0.2, 0.25) is 0 Å². The van der Waals surface area contributed by atoms with E-state index in [1.807, 2.05) is 63.2 Å². The molecular formula is C29H33FN2O2. The van der Waals surface area contributed by atoms with E-state index in [2.05, 4.69) is 11.4 Å². The summed E-state index contributed by atoms with van der Waals surface area (Å²) in [5.74, 6) is -0.651. The molecular weight excluding hydrogens is 427 g/mol. The first-order chi connectivity index (χ1) is 16.4. The molecule has 0 bridgehead atoms. The highest BCUT2D eigenvalue weighted by atomic mass is 19.1. The number of amides is 2. The van der Waals surface area contributed by atoms with Crippen LogP contribution in [-0.2, 0) is 29.0 Å².